The summed E-state index contributed by atoms with van der Waals surface area (Å²) in [5.41, 5.74) is 2.05. The molecule has 0 aliphatic rings. The SMILES string of the molecule is C[Si](C)(C)CCOCn1cnc2ncccc21.Cc1c(C(=O)O)ccc(Br)c1C(=O)O. The van der Waals surface area contributed by atoms with E-state index in [2.05, 4.69) is 45.5 Å². The largest absolute Gasteiger partial charge is 0.478 e. The lowest BCUT2D eigenvalue weighted by Crippen LogP contribution is -2.21. The molecule has 2 N–H and O–H groups in total. The van der Waals surface area contributed by atoms with Gasteiger partial charge in [0.15, 0.2) is 5.65 Å². The number of carbonyl (C=O) groups is 2. The highest BCUT2D eigenvalue weighted by Crippen LogP contribution is 2.23. The van der Waals surface area contributed by atoms with Crippen molar-refractivity contribution in [3.63, 3.8) is 0 Å². The number of fused-ring (bicyclic) bond motifs is 1. The Morgan fingerprint density at radius 3 is 2.45 bits per heavy atom. The molecule has 0 atom stereocenters. The fourth-order valence-electron chi connectivity index (χ4n) is 2.72. The van der Waals surface area contributed by atoms with Crippen molar-refractivity contribution in [1.29, 1.82) is 0 Å². The maximum absolute atomic E-state index is 10.8. The van der Waals surface area contributed by atoms with E-state index in [1.807, 2.05) is 16.7 Å². The van der Waals surface area contributed by atoms with Gasteiger partial charge in [0.05, 0.1) is 23.0 Å². The van der Waals surface area contributed by atoms with Gasteiger partial charge < -0.3 is 19.5 Å². The molecule has 31 heavy (non-hydrogen) atoms. The summed E-state index contributed by atoms with van der Waals surface area (Å²) < 4.78 is 8.07. The second-order valence-electron chi connectivity index (χ2n) is 8.11. The van der Waals surface area contributed by atoms with Crippen LogP contribution in [0.3, 0.4) is 0 Å². The van der Waals surface area contributed by atoms with Crippen LogP contribution in [0.15, 0.2) is 41.3 Å². The standard InChI is InChI=1S/C12H19N3OSi.C9H7BrO4/c1-17(2,3)8-7-16-10-15-9-14-12-11(15)5-4-6-13-12;1-4-5(8(11)12)2-3-6(10)7(4)9(13)14/h4-6,9H,7-8,10H2,1-3H3;2-3H,1H3,(H,11,12)(H,13,14). The van der Waals surface area contributed by atoms with E-state index in [4.69, 9.17) is 14.9 Å². The number of hydrogen-bond acceptors (Lipinski definition) is 5. The molecule has 0 aliphatic carbocycles. The minimum atomic E-state index is -1.14. The van der Waals surface area contributed by atoms with Gasteiger partial charge in [-0.3, -0.25) is 0 Å². The highest BCUT2D eigenvalue weighted by molar-refractivity contribution is 9.10. The van der Waals surface area contributed by atoms with E-state index in [0.717, 1.165) is 17.8 Å². The zero-order chi connectivity index (χ0) is 23.2. The lowest BCUT2D eigenvalue weighted by Gasteiger charge is -2.15. The van der Waals surface area contributed by atoms with Gasteiger partial charge in [-0.15, -0.1) is 0 Å². The van der Waals surface area contributed by atoms with Gasteiger partial charge in [-0.2, -0.15) is 0 Å². The molecule has 0 aliphatic heterocycles. The molecule has 0 radical (unpaired) electrons. The van der Waals surface area contributed by atoms with Gasteiger partial charge >= 0.3 is 11.9 Å². The first-order valence-corrected chi connectivity index (χ1v) is 14.1. The average molecular weight is 508 g/mol. The van der Waals surface area contributed by atoms with Crippen LogP contribution in [0.25, 0.3) is 11.2 Å². The molecule has 0 unspecified atom stereocenters. The van der Waals surface area contributed by atoms with Crippen LogP contribution in [0.1, 0.15) is 26.3 Å². The zero-order valence-corrected chi connectivity index (χ0v) is 20.5. The van der Waals surface area contributed by atoms with E-state index in [-0.39, 0.29) is 16.7 Å². The van der Waals surface area contributed by atoms with Crippen molar-refractivity contribution < 1.29 is 24.5 Å². The number of ether oxygens (including phenoxy) is 1. The van der Waals surface area contributed by atoms with E-state index in [1.165, 1.54) is 25.1 Å². The third-order valence-corrected chi connectivity index (χ3v) is 6.85. The summed E-state index contributed by atoms with van der Waals surface area (Å²) >= 11 is 3.06. The third kappa shape index (κ3) is 6.98. The zero-order valence-electron chi connectivity index (χ0n) is 17.9. The molecule has 0 saturated carbocycles. The van der Waals surface area contributed by atoms with Gasteiger partial charge in [0.2, 0.25) is 0 Å². The molecule has 3 aromatic rings. The normalized spacial score (nSPS) is 11.1. The molecule has 8 nitrogen and oxygen atoms in total. The summed E-state index contributed by atoms with van der Waals surface area (Å²) in [5.74, 6) is -2.27. The maximum atomic E-state index is 10.8. The molecule has 1 aromatic carbocycles. The van der Waals surface area contributed by atoms with Crippen LogP contribution in [-0.2, 0) is 11.5 Å². The number of pyridine rings is 1. The Morgan fingerprint density at radius 2 is 1.84 bits per heavy atom. The highest BCUT2D eigenvalue weighted by atomic mass is 79.9. The minimum absolute atomic E-state index is 0.00519. The van der Waals surface area contributed by atoms with Gasteiger partial charge in [0, 0.05) is 25.4 Å². The minimum Gasteiger partial charge on any atom is -0.478 e. The number of carboxylic acid groups (broad SMARTS) is 2. The van der Waals surface area contributed by atoms with Gasteiger partial charge in [0.25, 0.3) is 0 Å². The Morgan fingerprint density at radius 1 is 1.13 bits per heavy atom. The second kappa shape index (κ2) is 10.6. The van der Waals surface area contributed by atoms with Crippen molar-refractivity contribution in [2.24, 2.45) is 0 Å². The number of halogens is 1. The Kier molecular flexibility index (Phi) is 8.49. The van der Waals surface area contributed by atoms with Crippen molar-refractivity contribution in [3.8, 4) is 0 Å². The number of aromatic carboxylic acids is 2. The van der Waals surface area contributed by atoms with Crippen molar-refractivity contribution >= 4 is 47.1 Å². The van der Waals surface area contributed by atoms with Gasteiger partial charge in [0.1, 0.15) is 6.73 Å². The molecule has 3 rings (SSSR count). The van der Waals surface area contributed by atoms with Gasteiger partial charge in [-0.1, -0.05) is 19.6 Å². The monoisotopic (exact) mass is 507 g/mol. The van der Waals surface area contributed by atoms with Crippen LogP contribution in [-0.4, -0.2) is 51.4 Å². The topological polar surface area (TPSA) is 115 Å². The van der Waals surface area contributed by atoms with Crippen LogP contribution in [0.5, 0.6) is 0 Å². The van der Waals surface area contributed by atoms with Crippen molar-refractivity contribution in [3.05, 3.63) is 58.0 Å². The summed E-state index contributed by atoms with van der Waals surface area (Å²) in [6.45, 7) is 9.92. The number of imidazole rings is 1. The first kappa shape index (κ1) is 24.7. The van der Waals surface area contributed by atoms with E-state index < -0.39 is 20.0 Å². The molecule has 2 aromatic heterocycles. The molecular weight excluding hydrogens is 482 g/mol. The summed E-state index contributed by atoms with van der Waals surface area (Å²) in [6.07, 6.45) is 3.54. The van der Waals surface area contributed by atoms with E-state index in [0.29, 0.717) is 11.2 Å². The summed E-state index contributed by atoms with van der Waals surface area (Å²) in [5, 5.41) is 17.6. The Balaban J connectivity index is 0.000000225. The molecule has 0 bridgehead atoms. The quantitative estimate of drug-likeness (QED) is 0.345. The molecule has 10 heteroatoms. The van der Waals surface area contributed by atoms with Crippen molar-refractivity contribution in [2.45, 2.75) is 39.3 Å². The van der Waals surface area contributed by atoms with E-state index in [9.17, 15) is 9.59 Å². The fourth-order valence-corrected chi connectivity index (χ4v) is 4.07. The molecule has 2 heterocycles. The average Bonchev–Trinajstić information content (AvgIpc) is 3.08. The summed E-state index contributed by atoms with van der Waals surface area (Å²) in [7, 11) is -0.995. The van der Waals surface area contributed by atoms with Gasteiger partial charge in [-0.25, -0.2) is 19.6 Å². The van der Waals surface area contributed by atoms with Crippen LogP contribution in [0.2, 0.25) is 25.7 Å². The number of benzene rings is 1. The molecule has 166 valence electrons. The van der Waals surface area contributed by atoms with Crippen LogP contribution >= 0.6 is 15.9 Å². The van der Waals surface area contributed by atoms with Crippen LogP contribution in [0, 0.1) is 6.92 Å². The Labute approximate surface area is 190 Å². The second-order valence-corrected chi connectivity index (χ2v) is 14.6. The first-order valence-electron chi connectivity index (χ1n) is 9.60. The third-order valence-electron chi connectivity index (χ3n) is 4.48. The summed E-state index contributed by atoms with van der Waals surface area (Å²) in [6, 6.07) is 7.91. The van der Waals surface area contributed by atoms with Crippen molar-refractivity contribution in [1.82, 2.24) is 14.5 Å². The number of carboxylic acids is 2. The fraction of sp³-hybridized carbons (Fsp3) is 0.333. The number of aromatic nitrogens is 3. The Bertz CT molecular complexity index is 1080. The predicted octanol–water partition coefficient (Wildman–Crippen LogP) is 4.90. The van der Waals surface area contributed by atoms with E-state index in [1.54, 1.807) is 12.5 Å². The lowest BCUT2D eigenvalue weighted by molar-refractivity contribution is 0.0695. The maximum Gasteiger partial charge on any atom is 0.337 e. The Hall–Kier alpha value is -2.56. The van der Waals surface area contributed by atoms with Crippen LogP contribution < -0.4 is 0 Å². The molecular formula is C21H26BrN3O5Si. The highest BCUT2D eigenvalue weighted by Gasteiger charge is 2.17. The van der Waals surface area contributed by atoms with Gasteiger partial charge in [-0.05, 0) is 58.7 Å². The van der Waals surface area contributed by atoms with E-state index >= 15 is 0 Å². The number of rotatable bonds is 7. The smallest absolute Gasteiger partial charge is 0.337 e. The summed E-state index contributed by atoms with van der Waals surface area (Å²) in [4.78, 5) is 29.9. The number of nitrogens with zero attached hydrogens (tertiary/aromatic N) is 3. The predicted molar refractivity (Wildman–Crippen MR) is 124 cm³/mol. The van der Waals surface area contributed by atoms with Crippen molar-refractivity contribution in [2.75, 3.05) is 6.61 Å². The first-order chi connectivity index (χ1) is 14.5. The number of hydrogen-bond donors (Lipinski definition) is 2. The molecule has 0 fully saturated rings. The van der Waals surface area contributed by atoms with Crippen LogP contribution in [0.4, 0.5) is 0 Å². The molecule has 0 spiro atoms. The molecule has 0 amide bonds. The molecule has 0 saturated heterocycles. The lowest BCUT2D eigenvalue weighted by atomic mass is 10.0.